The van der Waals surface area contributed by atoms with Crippen molar-refractivity contribution in [1.29, 1.82) is 0 Å². The molecule has 0 spiro atoms. The van der Waals surface area contributed by atoms with E-state index in [4.69, 9.17) is 18.9 Å². The lowest BCUT2D eigenvalue weighted by Crippen LogP contribution is -2.35. The Balaban J connectivity index is 1.54. The zero-order valence-corrected chi connectivity index (χ0v) is 19.0. The summed E-state index contributed by atoms with van der Waals surface area (Å²) in [7, 11) is 3.04. The summed E-state index contributed by atoms with van der Waals surface area (Å²) in [6.07, 6.45) is 4.12. The fraction of sp³-hybridized carbons (Fsp3) is 0.308. The van der Waals surface area contributed by atoms with Gasteiger partial charge in [0.25, 0.3) is 0 Å². The number of esters is 2. The van der Waals surface area contributed by atoms with E-state index >= 15 is 0 Å². The molecule has 3 rings (SSSR count). The van der Waals surface area contributed by atoms with Gasteiger partial charge in [-0.2, -0.15) is 0 Å². The first-order valence-corrected chi connectivity index (χ1v) is 10.8. The van der Waals surface area contributed by atoms with Crippen LogP contribution in [0, 0.1) is 11.8 Å². The Labute approximate surface area is 197 Å². The Morgan fingerprint density at radius 3 is 1.32 bits per heavy atom. The molecule has 0 heterocycles. The van der Waals surface area contributed by atoms with Crippen LogP contribution in [0.4, 0.5) is 0 Å². The second kappa shape index (κ2) is 11.8. The maximum atomic E-state index is 12.7. The summed E-state index contributed by atoms with van der Waals surface area (Å²) < 4.78 is 20.5. The van der Waals surface area contributed by atoms with Crippen molar-refractivity contribution in [3.63, 3.8) is 0 Å². The van der Waals surface area contributed by atoms with Crippen molar-refractivity contribution in [2.24, 2.45) is 11.8 Å². The van der Waals surface area contributed by atoms with Gasteiger partial charge in [-0.25, -0.2) is 0 Å². The van der Waals surface area contributed by atoms with Gasteiger partial charge in [-0.15, -0.1) is 0 Å². The van der Waals surface area contributed by atoms with Crippen molar-refractivity contribution in [1.82, 2.24) is 0 Å². The SMILES string of the molecule is COc1ccc(C(=O)COC(=O)C2CC=CCC2C(=O)OCC(=O)c2ccc(OC)cc2)cc1. The standard InChI is InChI=1S/C26H26O8/c1-31-19-11-7-17(8-12-19)23(27)15-33-25(29)21-5-3-4-6-22(21)26(30)34-16-24(28)18-9-13-20(32-2)14-10-18/h3-4,7-14,21-22H,5-6,15-16H2,1-2H3. The van der Waals surface area contributed by atoms with Crippen LogP contribution in [0.15, 0.2) is 60.7 Å². The highest BCUT2D eigenvalue weighted by Gasteiger charge is 2.36. The molecule has 0 bridgehead atoms. The number of rotatable bonds is 10. The molecule has 34 heavy (non-hydrogen) atoms. The normalized spacial score (nSPS) is 16.9. The molecule has 1 aliphatic carbocycles. The van der Waals surface area contributed by atoms with Crippen molar-refractivity contribution >= 4 is 23.5 Å². The maximum Gasteiger partial charge on any atom is 0.310 e. The third-order valence-corrected chi connectivity index (χ3v) is 5.55. The first-order chi connectivity index (χ1) is 16.4. The van der Waals surface area contributed by atoms with Crippen LogP contribution in [0.2, 0.25) is 0 Å². The van der Waals surface area contributed by atoms with Gasteiger partial charge in [-0.3, -0.25) is 19.2 Å². The smallest absolute Gasteiger partial charge is 0.310 e. The van der Waals surface area contributed by atoms with E-state index in [0.717, 1.165) is 0 Å². The fourth-order valence-corrected chi connectivity index (χ4v) is 3.54. The number of ether oxygens (including phenoxy) is 4. The predicted octanol–water partition coefficient (Wildman–Crippen LogP) is 3.44. The molecule has 2 unspecified atom stereocenters. The molecule has 1 aliphatic rings. The number of allylic oxidation sites excluding steroid dienone is 2. The van der Waals surface area contributed by atoms with E-state index < -0.39 is 37.0 Å². The molecule has 2 aromatic rings. The van der Waals surface area contributed by atoms with Crippen LogP contribution in [0.5, 0.6) is 11.5 Å². The number of benzene rings is 2. The highest BCUT2D eigenvalue weighted by Crippen LogP contribution is 2.28. The average molecular weight is 466 g/mol. The van der Waals surface area contributed by atoms with Crippen LogP contribution in [0.25, 0.3) is 0 Å². The van der Waals surface area contributed by atoms with Crippen molar-refractivity contribution in [2.45, 2.75) is 12.8 Å². The molecule has 0 amide bonds. The first-order valence-electron chi connectivity index (χ1n) is 10.8. The molecule has 0 saturated carbocycles. The molecule has 8 nitrogen and oxygen atoms in total. The van der Waals surface area contributed by atoms with Crippen LogP contribution < -0.4 is 9.47 Å². The second-order valence-electron chi connectivity index (χ2n) is 7.67. The van der Waals surface area contributed by atoms with Gasteiger partial charge in [0.05, 0.1) is 26.1 Å². The van der Waals surface area contributed by atoms with Crippen molar-refractivity contribution in [2.75, 3.05) is 27.4 Å². The van der Waals surface area contributed by atoms with E-state index in [1.165, 1.54) is 14.2 Å². The maximum absolute atomic E-state index is 12.7. The van der Waals surface area contributed by atoms with Gasteiger partial charge in [0.2, 0.25) is 0 Å². The number of methoxy groups -OCH3 is 2. The fourth-order valence-electron chi connectivity index (χ4n) is 3.54. The minimum absolute atomic E-state index is 0.280. The molecule has 0 fully saturated rings. The minimum Gasteiger partial charge on any atom is -0.497 e. The van der Waals surface area contributed by atoms with Crippen LogP contribution in [-0.4, -0.2) is 50.9 Å². The summed E-state index contributed by atoms with van der Waals surface area (Å²) in [5, 5.41) is 0. The molecule has 0 saturated heterocycles. The van der Waals surface area contributed by atoms with E-state index in [1.807, 2.05) is 0 Å². The molecule has 8 heteroatoms. The summed E-state index contributed by atoms with van der Waals surface area (Å²) in [5.74, 6) is -2.43. The van der Waals surface area contributed by atoms with Gasteiger partial charge in [-0.1, -0.05) is 12.2 Å². The van der Waals surface area contributed by atoms with Crippen LogP contribution >= 0.6 is 0 Å². The molecule has 0 radical (unpaired) electrons. The van der Waals surface area contributed by atoms with Crippen molar-refractivity contribution in [3.05, 3.63) is 71.8 Å². The number of hydrogen-bond acceptors (Lipinski definition) is 8. The van der Waals surface area contributed by atoms with E-state index in [-0.39, 0.29) is 24.4 Å². The molecule has 0 N–H and O–H groups in total. The third-order valence-electron chi connectivity index (χ3n) is 5.55. The van der Waals surface area contributed by atoms with Crippen LogP contribution in [0.1, 0.15) is 33.6 Å². The topological polar surface area (TPSA) is 105 Å². The van der Waals surface area contributed by atoms with E-state index in [0.29, 0.717) is 22.6 Å². The highest BCUT2D eigenvalue weighted by atomic mass is 16.5. The van der Waals surface area contributed by atoms with Gasteiger partial charge in [-0.05, 0) is 61.4 Å². The largest absolute Gasteiger partial charge is 0.497 e. The van der Waals surface area contributed by atoms with E-state index in [9.17, 15) is 19.2 Å². The number of hydrogen-bond donors (Lipinski definition) is 0. The third kappa shape index (κ3) is 6.31. The molecule has 2 aromatic carbocycles. The number of carbonyl (C=O) groups excluding carboxylic acids is 4. The Morgan fingerprint density at radius 2 is 1.00 bits per heavy atom. The summed E-state index contributed by atoms with van der Waals surface area (Å²) in [6, 6.07) is 12.9. The van der Waals surface area contributed by atoms with E-state index in [2.05, 4.69) is 0 Å². The Morgan fingerprint density at radius 1 is 0.647 bits per heavy atom. The minimum atomic E-state index is -0.794. The lowest BCUT2D eigenvalue weighted by molar-refractivity contribution is -0.159. The summed E-state index contributed by atoms with van der Waals surface area (Å²) in [6.45, 7) is -0.883. The lowest BCUT2D eigenvalue weighted by Gasteiger charge is -2.25. The van der Waals surface area contributed by atoms with Gasteiger partial charge < -0.3 is 18.9 Å². The van der Waals surface area contributed by atoms with Gasteiger partial charge >= 0.3 is 11.9 Å². The average Bonchev–Trinajstić information content (AvgIpc) is 2.90. The van der Waals surface area contributed by atoms with Crippen molar-refractivity contribution < 1.29 is 38.1 Å². The zero-order valence-electron chi connectivity index (χ0n) is 19.0. The quantitative estimate of drug-likeness (QED) is 0.298. The summed E-state index contributed by atoms with van der Waals surface area (Å²) in [5.41, 5.74) is 0.760. The Bertz CT molecular complexity index is 968. The molecule has 178 valence electrons. The number of ketones is 2. The zero-order chi connectivity index (χ0) is 24.5. The molecule has 2 atom stereocenters. The predicted molar refractivity (Wildman–Crippen MR) is 122 cm³/mol. The number of carbonyl (C=O) groups is 4. The van der Waals surface area contributed by atoms with Gasteiger partial charge in [0, 0.05) is 11.1 Å². The summed E-state index contributed by atoms with van der Waals surface area (Å²) in [4.78, 5) is 50.0. The monoisotopic (exact) mass is 466 g/mol. The van der Waals surface area contributed by atoms with Crippen molar-refractivity contribution in [3.8, 4) is 11.5 Å². The second-order valence-corrected chi connectivity index (χ2v) is 7.67. The molecular weight excluding hydrogens is 440 g/mol. The van der Waals surface area contributed by atoms with Gasteiger partial charge in [0.15, 0.2) is 24.8 Å². The summed E-state index contributed by atoms with van der Waals surface area (Å²) >= 11 is 0. The van der Waals surface area contributed by atoms with Crippen LogP contribution in [-0.2, 0) is 19.1 Å². The molecule has 0 aromatic heterocycles. The van der Waals surface area contributed by atoms with E-state index in [1.54, 1.807) is 60.7 Å². The Hall–Kier alpha value is -3.94. The first kappa shape index (κ1) is 24.7. The number of Topliss-reactive ketones (excluding diaryl/α,β-unsaturated/α-hetero) is 2. The molecule has 0 aliphatic heterocycles. The lowest BCUT2D eigenvalue weighted by atomic mass is 9.83. The van der Waals surface area contributed by atoms with Gasteiger partial charge in [0.1, 0.15) is 11.5 Å². The van der Waals surface area contributed by atoms with Crippen LogP contribution in [0.3, 0.4) is 0 Å². The highest BCUT2D eigenvalue weighted by molar-refractivity contribution is 5.99. The Kier molecular flexibility index (Phi) is 8.56. The molecular formula is C26H26O8.